The lowest BCUT2D eigenvalue weighted by Gasteiger charge is -2.13. The fourth-order valence-corrected chi connectivity index (χ4v) is 11.8. The number of hydrogen-bond donors (Lipinski definition) is 2. The van der Waals surface area contributed by atoms with E-state index in [1.807, 2.05) is 71.2 Å². The van der Waals surface area contributed by atoms with E-state index in [0.29, 0.717) is 29.5 Å². The van der Waals surface area contributed by atoms with Gasteiger partial charge >= 0.3 is 0 Å². The highest BCUT2D eigenvalue weighted by Crippen LogP contribution is 2.45. The van der Waals surface area contributed by atoms with E-state index in [0.717, 1.165) is 44.0 Å². The van der Waals surface area contributed by atoms with E-state index in [1.165, 1.54) is 57.3 Å². The smallest absolute Gasteiger partial charge is 0.158 e. The number of thiophene rings is 2. The molecule has 0 spiro atoms. The second kappa shape index (κ2) is 15.5. The van der Waals surface area contributed by atoms with Crippen LogP contribution < -0.4 is 5.73 Å². The third-order valence-electron chi connectivity index (χ3n) is 12.2. The third kappa shape index (κ3) is 6.18. The van der Waals surface area contributed by atoms with Crippen LogP contribution in [0.2, 0.25) is 0 Å². The van der Waals surface area contributed by atoms with E-state index in [1.54, 1.807) is 0 Å². The van der Waals surface area contributed by atoms with Crippen LogP contribution in [0.3, 0.4) is 0 Å². The molecule has 12 rings (SSSR count). The molecule has 0 aliphatic rings. The molecule has 64 heavy (non-hydrogen) atoms. The minimum Gasteiger partial charge on any atom is -0.383 e. The van der Waals surface area contributed by atoms with E-state index < -0.39 is 0 Å². The van der Waals surface area contributed by atoms with E-state index >= 15 is 0 Å². The lowest BCUT2D eigenvalue weighted by atomic mass is 10.1. The summed E-state index contributed by atoms with van der Waals surface area (Å²) < 4.78 is 9.47. The molecule has 4 aromatic heterocycles. The SMILES string of the molecule is N=C/C(=C\C(=C\n1c2ccccc2c2c3sc4ccccc4c3ccc21)C(=NCc1ccccc1)N=C(N)c1ccccc1)n1c2ccccc2c2c3sc4ccccc4c3ccc21. The number of allylic oxidation sites excluding steroid dienone is 1. The largest absolute Gasteiger partial charge is 0.383 e. The van der Waals surface area contributed by atoms with Crippen LogP contribution >= 0.6 is 22.7 Å². The van der Waals surface area contributed by atoms with Crippen LogP contribution in [0.5, 0.6) is 0 Å². The molecular weight excluding hydrogens is 821 g/mol. The predicted octanol–water partition coefficient (Wildman–Crippen LogP) is 14.7. The monoisotopic (exact) mass is 858 g/mol. The molecule has 304 valence electrons. The Hall–Kier alpha value is -7.91. The van der Waals surface area contributed by atoms with Crippen molar-refractivity contribution in [3.63, 3.8) is 0 Å². The van der Waals surface area contributed by atoms with Crippen molar-refractivity contribution in [2.24, 2.45) is 15.7 Å². The number of nitrogens with one attached hydrogen (secondary N) is 1. The summed E-state index contributed by atoms with van der Waals surface area (Å²) in [7, 11) is 0. The lowest BCUT2D eigenvalue weighted by molar-refractivity contribution is 1.06. The average Bonchev–Trinajstić information content (AvgIpc) is 4.10. The summed E-state index contributed by atoms with van der Waals surface area (Å²) in [5.74, 6) is 0.799. The Balaban J connectivity index is 1.16. The fourth-order valence-electron chi connectivity index (χ4n) is 9.27. The topological polar surface area (TPSA) is 84.4 Å². The van der Waals surface area contributed by atoms with Gasteiger partial charge in [-0.15, -0.1) is 22.7 Å². The van der Waals surface area contributed by atoms with Gasteiger partial charge in [0.15, 0.2) is 5.84 Å². The number of nitrogens with two attached hydrogens (primary N) is 1. The molecule has 0 aliphatic carbocycles. The van der Waals surface area contributed by atoms with Crippen molar-refractivity contribution in [3.05, 3.63) is 205 Å². The summed E-state index contributed by atoms with van der Waals surface area (Å²) in [5, 5.41) is 18.8. The molecule has 0 radical (unpaired) electrons. The van der Waals surface area contributed by atoms with Gasteiger partial charge < -0.3 is 20.3 Å². The number of amidine groups is 2. The summed E-state index contributed by atoms with van der Waals surface area (Å²) in [6, 6.07) is 63.3. The quantitative estimate of drug-likeness (QED) is 0.0890. The van der Waals surface area contributed by atoms with E-state index in [9.17, 15) is 5.41 Å². The zero-order chi connectivity index (χ0) is 42.7. The Bertz CT molecular complexity index is 3950. The van der Waals surface area contributed by atoms with Crippen LogP contribution in [0.1, 0.15) is 11.1 Å². The molecule has 0 bridgehead atoms. The number of benzene rings is 8. The number of rotatable bonds is 8. The lowest BCUT2D eigenvalue weighted by Crippen LogP contribution is -2.17. The highest BCUT2D eigenvalue weighted by atomic mass is 32.1. The zero-order valence-corrected chi connectivity index (χ0v) is 36.1. The molecule has 6 nitrogen and oxygen atoms in total. The molecule has 0 aliphatic heterocycles. The van der Waals surface area contributed by atoms with Crippen LogP contribution in [0.15, 0.2) is 204 Å². The van der Waals surface area contributed by atoms with Crippen LogP contribution in [-0.2, 0) is 6.54 Å². The second-order valence-electron chi connectivity index (χ2n) is 15.9. The minimum atomic E-state index is 0.348. The molecule has 0 saturated heterocycles. The molecule has 12 aromatic rings. The minimum absolute atomic E-state index is 0.348. The van der Waals surface area contributed by atoms with Crippen molar-refractivity contribution in [1.82, 2.24) is 9.13 Å². The Labute approximate surface area is 376 Å². The van der Waals surface area contributed by atoms with E-state index in [4.69, 9.17) is 15.7 Å². The van der Waals surface area contributed by atoms with Crippen LogP contribution in [0.25, 0.3) is 95.9 Å². The maximum atomic E-state index is 9.20. The fraction of sp³-hybridized carbons (Fsp3) is 0.0179. The molecule has 0 atom stereocenters. The zero-order valence-electron chi connectivity index (χ0n) is 34.4. The Morgan fingerprint density at radius 3 is 1.72 bits per heavy atom. The van der Waals surface area contributed by atoms with Gasteiger partial charge in [0.05, 0.1) is 34.3 Å². The second-order valence-corrected chi connectivity index (χ2v) is 18.0. The summed E-state index contributed by atoms with van der Waals surface area (Å²) in [5.41, 5.74) is 14.3. The van der Waals surface area contributed by atoms with Gasteiger partial charge in [0.1, 0.15) is 5.84 Å². The molecular formula is C56H38N6S2. The highest BCUT2D eigenvalue weighted by molar-refractivity contribution is 7.27. The van der Waals surface area contributed by atoms with Crippen molar-refractivity contribution in [2.45, 2.75) is 6.54 Å². The number of fused-ring (bicyclic) bond motifs is 14. The number of nitrogens with zero attached hydrogens (tertiary/aromatic N) is 4. The number of hydrogen-bond acceptors (Lipinski definition) is 4. The molecule has 4 heterocycles. The Morgan fingerprint density at radius 2 is 1.06 bits per heavy atom. The van der Waals surface area contributed by atoms with Crippen LogP contribution in [-0.4, -0.2) is 27.0 Å². The molecule has 8 heteroatoms. The summed E-state index contributed by atoms with van der Waals surface area (Å²) in [6.07, 6.45) is 5.63. The van der Waals surface area contributed by atoms with Gasteiger partial charge in [-0.1, -0.05) is 146 Å². The van der Waals surface area contributed by atoms with Gasteiger partial charge in [0.25, 0.3) is 0 Å². The molecule has 8 aromatic carbocycles. The molecule has 0 fully saturated rings. The Kier molecular flexibility index (Phi) is 9.14. The van der Waals surface area contributed by atoms with Crippen molar-refractivity contribution < 1.29 is 0 Å². The first-order chi connectivity index (χ1) is 31.6. The van der Waals surface area contributed by atoms with Crippen molar-refractivity contribution >= 4 is 136 Å². The number of para-hydroxylation sites is 2. The van der Waals surface area contributed by atoms with Gasteiger partial charge in [-0.05, 0) is 48.0 Å². The van der Waals surface area contributed by atoms with E-state index in [-0.39, 0.29) is 0 Å². The molecule has 0 saturated carbocycles. The van der Waals surface area contributed by atoms with Crippen LogP contribution in [0, 0.1) is 5.41 Å². The first kappa shape index (κ1) is 37.8. The van der Waals surface area contributed by atoms with Crippen molar-refractivity contribution in [3.8, 4) is 0 Å². The van der Waals surface area contributed by atoms with Crippen molar-refractivity contribution in [2.75, 3.05) is 0 Å². The summed E-state index contributed by atoms with van der Waals surface area (Å²) in [4.78, 5) is 10.5. The number of aromatic nitrogens is 2. The maximum Gasteiger partial charge on any atom is 0.158 e. The maximum absolute atomic E-state index is 9.20. The molecule has 0 amide bonds. The molecule has 0 unspecified atom stereocenters. The van der Waals surface area contributed by atoms with Gasteiger partial charge in [-0.2, -0.15) is 0 Å². The average molecular weight is 859 g/mol. The summed E-state index contributed by atoms with van der Waals surface area (Å²) >= 11 is 3.65. The number of aliphatic imine (C=N–C) groups is 2. The van der Waals surface area contributed by atoms with Crippen molar-refractivity contribution in [1.29, 1.82) is 5.41 Å². The normalized spacial score (nSPS) is 13.2. The van der Waals surface area contributed by atoms with Gasteiger partial charge in [0.2, 0.25) is 0 Å². The summed E-state index contributed by atoms with van der Waals surface area (Å²) in [6.45, 7) is 0.377. The van der Waals surface area contributed by atoms with E-state index in [2.05, 4.69) is 155 Å². The first-order valence-electron chi connectivity index (χ1n) is 21.2. The predicted molar refractivity (Wildman–Crippen MR) is 277 cm³/mol. The van der Waals surface area contributed by atoms with Gasteiger partial charge in [-0.25, -0.2) is 4.99 Å². The van der Waals surface area contributed by atoms with Gasteiger partial charge in [-0.3, -0.25) is 4.99 Å². The van der Waals surface area contributed by atoms with Crippen LogP contribution in [0.4, 0.5) is 0 Å². The highest BCUT2D eigenvalue weighted by Gasteiger charge is 2.21. The third-order valence-corrected chi connectivity index (χ3v) is 14.6. The standard InChI is InChI=1S/C56H38N6S2/c57-32-38(62-46-24-12-8-22-44(46)52-48(62)30-28-42-40-20-10-14-26-50(40)64-54(42)52)31-37(56(59-33-35-15-3-1-4-16-35)60-55(58)36-17-5-2-6-18-36)34-61-45-23-11-7-21-43(45)51-47(61)29-27-41-39-19-9-13-25-49(39)63-53(41)51/h1-32,34,57H,33H2,(H2,58,59,60)/b37-34-,38-31+,57-32?. The first-order valence-corrected chi connectivity index (χ1v) is 22.9. The Morgan fingerprint density at radius 1 is 0.531 bits per heavy atom. The molecule has 3 N–H and O–H groups in total. The van der Waals surface area contributed by atoms with Gasteiger partial charge in [0, 0.05) is 85.4 Å².